The van der Waals surface area contributed by atoms with E-state index < -0.39 is 0 Å². The molecule has 0 bridgehead atoms. The van der Waals surface area contributed by atoms with Gasteiger partial charge in [-0.15, -0.1) is 0 Å². The highest BCUT2D eigenvalue weighted by Gasteiger charge is 2.15. The van der Waals surface area contributed by atoms with Crippen molar-refractivity contribution in [1.82, 2.24) is 5.32 Å². The molecule has 18 heavy (non-hydrogen) atoms. The fraction of sp³-hybridized carbons (Fsp3) is 0.286. The minimum absolute atomic E-state index is 0.110. The van der Waals surface area contributed by atoms with Crippen molar-refractivity contribution in [3.05, 3.63) is 57.4 Å². The Kier molecular flexibility index (Phi) is 4.87. The van der Waals surface area contributed by atoms with Gasteiger partial charge >= 0.3 is 0 Å². The van der Waals surface area contributed by atoms with Crippen molar-refractivity contribution in [3.63, 3.8) is 0 Å². The van der Waals surface area contributed by atoms with Crippen molar-refractivity contribution in [3.8, 4) is 0 Å². The molecular formula is C14H15BrClNO. The SMILES string of the molecule is CCCNC(c1ccoc1)c1cc(Cl)cc(Br)c1. The third-order valence-electron chi connectivity index (χ3n) is 2.69. The van der Waals surface area contributed by atoms with Crippen LogP contribution in [0.25, 0.3) is 0 Å². The van der Waals surface area contributed by atoms with Gasteiger partial charge < -0.3 is 9.73 Å². The minimum atomic E-state index is 0.110. The summed E-state index contributed by atoms with van der Waals surface area (Å²) in [4.78, 5) is 0. The van der Waals surface area contributed by atoms with Crippen molar-refractivity contribution in [2.24, 2.45) is 0 Å². The Bertz CT molecular complexity index is 478. The molecule has 1 atom stereocenters. The maximum Gasteiger partial charge on any atom is 0.0953 e. The Labute approximate surface area is 120 Å². The molecule has 2 nitrogen and oxygen atoms in total. The highest BCUT2D eigenvalue weighted by molar-refractivity contribution is 9.10. The second-order valence-electron chi connectivity index (χ2n) is 4.15. The molecule has 0 aliphatic carbocycles. The topological polar surface area (TPSA) is 25.2 Å². The Morgan fingerprint density at radius 2 is 2.17 bits per heavy atom. The van der Waals surface area contributed by atoms with E-state index in [1.165, 1.54) is 0 Å². The van der Waals surface area contributed by atoms with Crippen molar-refractivity contribution >= 4 is 27.5 Å². The first-order valence-electron chi connectivity index (χ1n) is 5.92. The van der Waals surface area contributed by atoms with Crippen LogP contribution in [-0.4, -0.2) is 6.54 Å². The number of rotatable bonds is 5. The first kappa shape index (κ1) is 13.7. The highest BCUT2D eigenvalue weighted by atomic mass is 79.9. The summed E-state index contributed by atoms with van der Waals surface area (Å²) in [6, 6.07) is 8.02. The molecule has 0 aliphatic heterocycles. The van der Waals surface area contributed by atoms with Gasteiger partial charge in [-0.2, -0.15) is 0 Å². The van der Waals surface area contributed by atoms with Gasteiger partial charge in [0, 0.05) is 15.1 Å². The van der Waals surface area contributed by atoms with Crippen molar-refractivity contribution in [1.29, 1.82) is 0 Å². The van der Waals surface area contributed by atoms with E-state index in [9.17, 15) is 0 Å². The summed E-state index contributed by atoms with van der Waals surface area (Å²) in [6.45, 7) is 3.09. The molecule has 1 aromatic heterocycles. The van der Waals surface area contributed by atoms with Crippen LogP contribution in [0.3, 0.4) is 0 Å². The molecule has 2 aromatic rings. The number of furan rings is 1. The minimum Gasteiger partial charge on any atom is -0.472 e. The van der Waals surface area contributed by atoms with Gasteiger partial charge in [-0.3, -0.25) is 0 Å². The number of hydrogen-bond donors (Lipinski definition) is 1. The first-order chi connectivity index (χ1) is 8.70. The monoisotopic (exact) mass is 327 g/mol. The van der Waals surface area contributed by atoms with E-state index in [2.05, 4.69) is 34.2 Å². The zero-order valence-electron chi connectivity index (χ0n) is 10.1. The fourth-order valence-corrected chi connectivity index (χ4v) is 2.78. The van der Waals surface area contributed by atoms with Crippen molar-refractivity contribution < 1.29 is 4.42 Å². The van der Waals surface area contributed by atoms with Crippen LogP contribution in [0, 0.1) is 0 Å². The lowest BCUT2D eigenvalue weighted by Gasteiger charge is -2.18. The average molecular weight is 329 g/mol. The Morgan fingerprint density at radius 3 is 2.78 bits per heavy atom. The third kappa shape index (κ3) is 3.37. The molecule has 0 radical (unpaired) electrons. The Balaban J connectivity index is 2.33. The summed E-state index contributed by atoms with van der Waals surface area (Å²) >= 11 is 9.59. The standard InChI is InChI=1S/C14H15BrClNO/c1-2-4-17-14(10-3-5-18-9-10)11-6-12(15)8-13(16)7-11/h3,5-9,14,17H,2,4H2,1H3. The lowest BCUT2D eigenvalue weighted by atomic mass is 10.0. The van der Waals surface area contributed by atoms with Crippen LogP contribution in [0.15, 0.2) is 45.7 Å². The molecule has 0 saturated carbocycles. The predicted octanol–water partition coefficient (Wildman–Crippen LogP) is 4.78. The van der Waals surface area contributed by atoms with Crippen LogP contribution < -0.4 is 5.32 Å². The molecule has 0 amide bonds. The quantitative estimate of drug-likeness (QED) is 0.854. The average Bonchev–Trinajstić information content (AvgIpc) is 2.82. The van der Waals surface area contributed by atoms with Crippen molar-refractivity contribution in [2.45, 2.75) is 19.4 Å². The molecule has 1 heterocycles. The largest absolute Gasteiger partial charge is 0.472 e. The van der Waals surface area contributed by atoms with Crippen LogP contribution in [-0.2, 0) is 0 Å². The highest BCUT2D eigenvalue weighted by Crippen LogP contribution is 2.28. The van der Waals surface area contributed by atoms with E-state index in [4.69, 9.17) is 16.0 Å². The zero-order valence-corrected chi connectivity index (χ0v) is 12.5. The van der Waals surface area contributed by atoms with E-state index >= 15 is 0 Å². The van der Waals surface area contributed by atoms with Crippen molar-refractivity contribution in [2.75, 3.05) is 6.54 Å². The molecular weight excluding hydrogens is 314 g/mol. The molecule has 0 spiro atoms. The summed E-state index contributed by atoms with van der Waals surface area (Å²) in [5, 5.41) is 4.23. The number of halogens is 2. The van der Waals surface area contributed by atoms with Gasteiger partial charge in [0.15, 0.2) is 0 Å². The van der Waals surface area contributed by atoms with Crippen LogP contribution in [0.2, 0.25) is 5.02 Å². The molecule has 0 aliphatic rings. The van der Waals surface area contributed by atoms with Gasteiger partial charge in [0.25, 0.3) is 0 Å². The smallest absolute Gasteiger partial charge is 0.0953 e. The Hall–Kier alpha value is -0.770. The molecule has 4 heteroatoms. The maximum atomic E-state index is 6.11. The van der Waals surface area contributed by atoms with E-state index in [0.717, 1.165) is 33.6 Å². The number of benzene rings is 1. The van der Waals surface area contributed by atoms with Crippen LogP contribution in [0.5, 0.6) is 0 Å². The summed E-state index contributed by atoms with van der Waals surface area (Å²) in [6.07, 6.45) is 4.54. The van der Waals surface area contributed by atoms with Gasteiger partial charge in [-0.05, 0) is 42.8 Å². The molecule has 1 unspecified atom stereocenters. The van der Waals surface area contributed by atoms with Gasteiger partial charge in [0.05, 0.1) is 18.6 Å². The number of nitrogens with one attached hydrogen (secondary N) is 1. The zero-order chi connectivity index (χ0) is 13.0. The van der Waals surface area contributed by atoms with E-state index in [0.29, 0.717) is 0 Å². The molecule has 1 aromatic carbocycles. The van der Waals surface area contributed by atoms with E-state index in [1.807, 2.05) is 18.2 Å². The summed E-state index contributed by atoms with van der Waals surface area (Å²) in [5.41, 5.74) is 2.24. The van der Waals surface area contributed by atoms with Gasteiger partial charge in [0.2, 0.25) is 0 Å². The van der Waals surface area contributed by atoms with E-state index in [1.54, 1.807) is 12.5 Å². The number of hydrogen-bond acceptors (Lipinski definition) is 2. The fourth-order valence-electron chi connectivity index (χ4n) is 1.90. The maximum absolute atomic E-state index is 6.11. The summed E-state index contributed by atoms with van der Waals surface area (Å²) in [7, 11) is 0. The molecule has 2 rings (SSSR count). The molecule has 0 saturated heterocycles. The van der Waals surface area contributed by atoms with Crippen LogP contribution >= 0.6 is 27.5 Å². The molecule has 96 valence electrons. The van der Waals surface area contributed by atoms with Crippen LogP contribution in [0.4, 0.5) is 0 Å². The Morgan fingerprint density at radius 1 is 1.33 bits per heavy atom. The van der Waals surface area contributed by atoms with Gasteiger partial charge in [-0.1, -0.05) is 34.5 Å². The van der Waals surface area contributed by atoms with Crippen LogP contribution in [0.1, 0.15) is 30.5 Å². The van der Waals surface area contributed by atoms with Gasteiger partial charge in [0.1, 0.15) is 0 Å². The second-order valence-corrected chi connectivity index (χ2v) is 5.50. The second kappa shape index (κ2) is 6.41. The third-order valence-corrected chi connectivity index (χ3v) is 3.37. The molecule has 1 N–H and O–H groups in total. The lowest BCUT2D eigenvalue weighted by molar-refractivity contribution is 0.548. The first-order valence-corrected chi connectivity index (χ1v) is 7.09. The van der Waals surface area contributed by atoms with E-state index in [-0.39, 0.29) is 6.04 Å². The predicted molar refractivity (Wildman–Crippen MR) is 78.0 cm³/mol. The van der Waals surface area contributed by atoms with Gasteiger partial charge in [-0.25, -0.2) is 0 Å². The molecule has 0 fully saturated rings. The lowest BCUT2D eigenvalue weighted by Crippen LogP contribution is -2.22. The normalized spacial score (nSPS) is 12.6. The summed E-state index contributed by atoms with van der Waals surface area (Å²) in [5.74, 6) is 0. The summed E-state index contributed by atoms with van der Waals surface area (Å²) < 4.78 is 6.16.